The molecule has 1 rings (SSSR count). The molecule has 0 spiro atoms. The van der Waals surface area contributed by atoms with E-state index in [1.807, 2.05) is 11.8 Å². The lowest BCUT2D eigenvalue weighted by atomic mass is 10.0. The number of hydrogen-bond donors (Lipinski definition) is 1. The third-order valence-corrected chi connectivity index (χ3v) is 2.89. The van der Waals surface area contributed by atoms with Gasteiger partial charge in [-0.2, -0.15) is 0 Å². The molecular formula is C10H18N2OS. The van der Waals surface area contributed by atoms with Gasteiger partial charge in [-0.1, -0.05) is 19.1 Å². The van der Waals surface area contributed by atoms with Gasteiger partial charge in [0.25, 0.3) is 0 Å². The van der Waals surface area contributed by atoms with Crippen LogP contribution in [0.25, 0.3) is 0 Å². The van der Waals surface area contributed by atoms with Gasteiger partial charge in [0.1, 0.15) is 0 Å². The van der Waals surface area contributed by atoms with Crippen LogP contribution in [0.15, 0.2) is 0 Å². The van der Waals surface area contributed by atoms with Crippen LogP contribution in [0.5, 0.6) is 0 Å². The summed E-state index contributed by atoms with van der Waals surface area (Å²) in [5.41, 5.74) is 5.63. The molecule has 1 unspecified atom stereocenters. The van der Waals surface area contributed by atoms with Crippen LogP contribution in [0.4, 0.5) is 0 Å². The van der Waals surface area contributed by atoms with Crippen molar-refractivity contribution in [3.63, 3.8) is 0 Å². The van der Waals surface area contributed by atoms with Crippen LogP contribution >= 0.6 is 12.2 Å². The molecule has 3 nitrogen and oxygen atoms in total. The SMILES string of the molecule is CCCC(=O)N1CCCCC1C(N)=S. The summed E-state index contributed by atoms with van der Waals surface area (Å²) in [5, 5.41) is 0. The highest BCUT2D eigenvalue weighted by Crippen LogP contribution is 2.18. The Balaban J connectivity index is 2.62. The van der Waals surface area contributed by atoms with Crippen molar-refractivity contribution in [3.8, 4) is 0 Å². The maximum atomic E-state index is 11.7. The zero-order valence-electron chi connectivity index (χ0n) is 8.66. The quantitative estimate of drug-likeness (QED) is 0.723. The Hall–Kier alpha value is -0.640. The molecule has 14 heavy (non-hydrogen) atoms. The van der Waals surface area contributed by atoms with Crippen molar-refractivity contribution in [2.24, 2.45) is 5.73 Å². The highest BCUT2D eigenvalue weighted by molar-refractivity contribution is 7.80. The summed E-state index contributed by atoms with van der Waals surface area (Å²) in [7, 11) is 0. The first-order valence-electron chi connectivity index (χ1n) is 5.25. The van der Waals surface area contributed by atoms with Crippen LogP contribution in [-0.2, 0) is 4.79 Å². The summed E-state index contributed by atoms with van der Waals surface area (Å²) in [6.45, 7) is 2.83. The van der Waals surface area contributed by atoms with E-state index >= 15 is 0 Å². The van der Waals surface area contributed by atoms with E-state index in [0.717, 1.165) is 32.2 Å². The summed E-state index contributed by atoms with van der Waals surface area (Å²) in [6.07, 6.45) is 4.63. The second kappa shape index (κ2) is 5.29. The van der Waals surface area contributed by atoms with Crippen LogP contribution in [-0.4, -0.2) is 28.4 Å². The van der Waals surface area contributed by atoms with Crippen LogP contribution < -0.4 is 5.73 Å². The van der Waals surface area contributed by atoms with E-state index in [1.165, 1.54) is 0 Å². The Morgan fingerprint density at radius 3 is 2.86 bits per heavy atom. The standard InChI is InChI=1S/C10H18N2OS/c1-2-5-9(13)12-7-4-3-6-8(12)10(11)14/h8H,2-7H2,1H3,(H2,11,14). The number of nitrogens with two attached hydrogens (primary N) is 1. The normalized spacial score (nSPS) is 22.1. The largest absolute Gasteiger partial charge is 0.392 e. The minimum atomic E-state index is 0.0119. The molecule has 2 N–H and O–H groups in total. The molecule has 1 heterocycles. The molecule has 0 radical (unpaired) electrons. The molecule has 1 saturated heterocycles. The predicted octanol–water partition coefficient (Wildman–Crippen LogP) is 1.45. The predicted molar refractivity (Wildman–Crippen MR) is 61.0 cm³/mol. The van der Waals surface area contributed by atoms with Crippen molar-refractivity contribution < 1.29 is 4.79 Å². The van der Waals surface area contributed by atoms with E-state index in [-0.39, 0.29) is 11.9 Å². The number of nitrogens with zero attached hydrogens (tertiary/aromatic N) is 1. The molecule has 1 aliphatic heterocycles. The van der Waals surface area contributed by atoms with E-state index < -0.39 is 0 Å². The average Bonchev–Trinajstić information content (AvgIpc) is 2.18. The number of carbonyl (C=O) groups is 1. The third kappa shape index (κ3) is 2.67. The lowest BCUT2D eigenvalue weighted by molar-refractivity contribution is -0.133. The number of amides is 1. The van der Waals surface area contributed by atoms with Crippen molar-refractivity contribution in [2.45, 2.75) is 45.1 Å². The Labute approximate surface area is 90.6 Å². The van der Waals surface area contributed by atoms with E-state index in [1.54, 1.807) is 0 Å². The van der Waals surface area contributed by atoms with Gasteiger partial charge in [-0.25, -0.2) is 0 Å². The van der Waals surface area contributed by atoms with Crippen molar-refractivity contribution in [1.82, 2.24) is 4.90 Å². The molecule has 4 heteroatoms. The summed E-state index contributed by atoms with van der Waals surface area (Å²) < 4.78 is 0. The number of likely N-dealkylation sites (tertiary alicyclic amines) is 1. The summed E-state index contributed by atoms with van der Waals surface area (Å²) in [6, 6.07) is 0.0119. The number of hydrogen-bond acceptors (Lipinski definition) is 2. The molecule has 80 valence electrons. The molecule has 1 aliphatic rings. The van der Waals surface area contributed by atoms with Crippen LogP contribution in [0.1, 0.15) is 39.0 Å². The van der Waals surface area contributed by atoms with E-state index in [2.05, 4.69) is 0 Å². The van der Waals surface area contributed by atoms with Crippen molar-refractivity contribution in [1.29, 1.82) is 0 Å². The molecule has 0 aromatic carbocycles. The zero-order chi connectivity index (χ0) is 10.6. The third-order valence-electron chi connectivity index (χ3n) is 2.62. The monoisotopic (exact) mass is 214 g/mol. The van der Waals surface area contributed by atoms with E-state index in [4.69, 9.17) is 18.0 Å². The van der Waals surface area contributed by atoms with Crippen molar-refractivity contribution in [2.75, 3.05) is 6.54 Å². The highest BCUT2D eigenvalue weighted by Gasteiger charge is 2.27. The number of piperidine rings is 1. The zero-order valence-corrected chi connectivity index (χ0v) is 9.48. The fraction of sp³-hybridized carbons (Fsp3) is 0.800. The summed E-state index contributed by atoms with van der Waals surface area (Å²) in [4.78, 5) is 14.0. The summed E-state index contributed by atoms with van der Waals surface area (Å²) in [5.74, 6) is 0.199. The second-order valence-corrected chi connectivity index (χ2v) is 4.22. The van der Waals surface area contributed by atoms with Gasteiger partial charge < -0.3 is 10.6 Å². The lowest BCUT2D eigenvalue weighted by Crippen LogP contribution is -2.49. The van der Waals surface area contributed by atoms with Crippen LogP contribution in [0, 0.1) is 0 Å². The van der Waals surface area contributed by atoms with Gasteiger partial charge in [0.15, 0.2) is 0 Å². The maximum absolute atomic E-state index is 11.7. The van der Waals surface area contributed by atoms with E-state index in [0.29, 0.717) is 11.4 Å². The molecule has 1 fully saturated rings. The molecule has 1 amide bonds. The lowest BCUT2D eigenvalue weighted by Gasteiger charge is -2.35. The van der Waals surface area contributed by atoms with Gasteiger partial charge >= 0.3 is 0 Å². The van der Waals surface area contributed by atoms with Gasteiger partial charge in [-0.15, -0.1) is 0 Å². The topological polar surface area (TPSA) is 46.3 Å². The van der Waals surface area contributed by atoms with Crippen molar-refractivity contribution in [3.05, 3.63) is 0 Å². The summed E-state index contributed by atoms with van der Waals surface area (Å²) >= 11 is 4.98. The number of rotatable bonds is 3. The minimum absolute atomic E-state index is 0.0119. The van der Waals surface area contributed by atoms with Crippen LogP contribution in [0.3, 0.4) is 0 Å². The molecular weight excluding hydrogens is 196 g/mol. The Kier molecular flexibility index (Phi) is 4.32. The minimum Gasteiger partial charge on any atom is -0.392 e. The maximum Gasteiger partial charge on any atom is 0.223 e. The van der Waals surface area contributed by atoms with Gasteiger partial charge in [0.2, 0.25) is 5.91 Å². The average molecular weight is 214 g/mol. The van der Waals surface area contributed by atoms with Gasteiger partial charge in [0.05, 0.1) is 11.0 Å². The Morgan fingerprint density at radius 2 is 2.29 bits per heavy atom. The van der Waals surface area contributed by atoms with E-state index in [9.17, 15) is 4.79 Å². The molecule has 1 atom stereocenters. The van der Waals surface area contributed by atoms with Crippen molar-refractivity contribution >= 4 is 23.1 Å². The number of carbonyl (C=O) groups excluding carboxylic acids is 1. The van der Waals surface area contributed by atoms with Gasteiger partial charge in [0, 0.05) is 13.0 Å². The van der Waals surface area contributed by atoms with Gasteiger partial charge in [-0.3, -0.25) is 4.79 Å². The smallest absolute Gasteiger partial charge is 0.223 e. The molecule has 0 aromatic rings. The van der Waals surface area contributed by atoms with Crippen LogP contribution in [0.2, 0.25) is 0 Å². The highest BCUT2D eigenvalue weighted by atomic mass is 32.1. The first kappa shape index (κ1) is 11.4. The molecule has 0 bridgehead atoms. The van der Waals surface area contributed by atoms with Gasteiger partial charge in [-0.05, 0) is 25.7 Å². The first-order chi connectivity index (χ1) is 6.66. The second-order valence-electron chi connectivity index (χ2n) is 3.75. The Bertz CT molecular complexity index is 230. The molecule has 0 aliphatic carbocycles. The fourth-order valence-electron chi connectivity index (χ4n) is 1.88. The number of thiocarbonyl (C=S) groups is 1. The fourth-order valence-corrected chi connectivity index (χ4v) is 2.13. The molecule has 0 aromatic heterocycles. The first-order valence-corrected chi connectivity index (χ1v) is 5.66. The molecule has 0 saturated carbocycles. The Morgan fingerprint density at radius 1 is 1.57 bits per heavy atom.